The minimum absolute atomic E-state index is 0.0110. The van der Waals surface area contributed by atoms with Crippen molar-refractivity contribution in [3.05, 3.63) is 93.0 Å². The van der Waals surface area contributed by atoms with Crippen molar-refractivity contribution in [1.82, 2.24) is 29.9 Å². The molecule has 0 aliphatic heterocycles. The van der Waals surface area contributed by atoms with Crippen LogP contribution in [-0.2, 0) is 72.0 Å². The first-order valence-electron chi connectivity index (χ1n) is 22.2. The standard InChI is InChI=1S/C44H47ClF10N7O10PS2/c1-22-23(2)43(51,52)38-33(22)37(44(53,54)55)58-60(38)20-32(63)57-31(18-24-16-25(46)19-26(47)17-24)35-28(9-8-27(56-35)12-13-41(3,4)74(5,68)69)29-10-11-30(45)34-36(29)61(21-42(48,49)50)59-39(34)62(75(6,70)71)40(64)72-14-7-15-73(65,66)67/h8-11,16-17,19,22-23,31H,7,12-15,18,20-21H2,1-6H3,(H,57,63)(H2,65,66,67)/t22-,23+,31-/m0/s1. The fourth-order valence-electron chi connectivity index (χ4n) is 8.46. The molecule has 3 heterocycles. The summed E-state index contributed by atoms with van der Waals surface area (Å²) in [4.78, 5) is 50.9. The summed E-state index contributed by atoms with van der Waals surface area (Å²) >= 11 is 6.60. The Morgan fingerprint density at radius 3 is 2.12 bits per heavy atom. The monoisotopic (exact) mass is 1150 g/mol. The molecular formula is C44H47ClF10N7O10PS2. The zero-order valence-corrected chi connectivity index (χ0v) is 43.5. The Morgan fingerprint density at radius 1 is 0.947 bits per heavy atom. The molecule has 0 fully saturated rings. The summed E-state index contributed by atoms with van der Waals surface area (Å²) in [5.74, 6) is -11.8. The normalized spacial score (nSPS) is 16.8. The number of anilines is 1. The number of nitrogens with zero attached hydrogens (tertiary/aromatic N) is 6. The number of nitrogens with one attached hydrogen (secondary N) is 1. The molecule has 3 atom stereocenters. The van der Waals surface area contributed by atoms with Crippen LogP contribution in [0.1, 0.15) is 86.4 Å². The molecule has 0 spiro atoms. The van der Waals surface area contributed by atoms with Crippen molar-refractivity contribution < 1.29 is 89.4 Å². The highest BCUT2D eigenvalue weighted by atomic mass is 35.5. The number of pyridine rings is 1. The van der Waals surface area contributed by atoms with Gasteiger partial charge >= 0.3 is 26.0 Å². The summed E-state index contributed by atoms with van der Waals surface area (Å²) in [5, 5.41) is 8.45. The zero-order chi connectivity index (χ0) is 56.3. The van der Waals surface area contributed by atoms with E-state index in [4.69, 9.17) is 16.3 Å². The molecule has 1 aliphatic rings. The van der Waals surface area contributed by atoms with Crippen LogP contribution in [0.5, 0.6) is 0 Å². The van der Waals surface area contributed by atoms with E-state index in [0.29, 0.717) is 12.3 Å². The van der Waals surface area contributed by atoms with Crippen molar-refractivity contribution >= 4 is 67.8 Å². The summed E-state index contributed by atoms with van der Waals surface area (Å²) in [5.41, 5.74) is -5.82. The van der Waals surface area contributed by atoms with Gasteiger partial charge in [-0.15, -0.1) is 0 Å². The third-order valence-corrected chi connectivity index (χ3v) is 17.0. The lowest BCUT2D eigenvalue weighted by Crippen LogP contribution is -2.37. The topological polar surface area (TPSA) is 233 Å². The van der Waals surface area contributed by atoms with Gasteiger partial charge in [-0.1, -0.05) is 37.6 Å². The fraction of sp³-hybridized carbons (Fsp3) is 0.477. The van der Waals surface area contributed by atoms with Crippen LogP contribution in [0.15, 0.2) is 42.5 Å². The van der Waals surface area contributed by atoms with Crippen molar-refractivity contribution in [2.24, 2.45) is 5.92 Å². The van der Waals surface area contributed by atoms with Gasteiger partial charge in [-0.05, 0) is 75.3 Å². The number of benzene rings is 2. The second-order valence-corrected chi connectivity index (χ2v) is 25.3. The van der Waals surface area contributed by atoms with Crippen molar-refractivity contribution in [2.45, 2.75) is 101 Å². The van der Waals surface area contributed by atoms with Gasteiger partial charge in [0.15, 0.2) is 21.3 Å². The molecule has 17 nitrogen and oxygen atoms in total. The van der Waals surface area contributed by atoms with Crippen LogP contribution in [-0.4, -0.2) is 99.4 Å². The van der Waals surface area contributed by atoms with Crippen LogP contribution in [0.4, 0.5) is 54.5 Å². The van der Waals surface area contributed by atoms with Crippen molar-refractivity contribution in [1.29, 1.82) is 0 Å². The quantitative estimate of drug-likeness (QED) is 0.0423. The molecular weight excluding hydrogens is 1110 g/mol. The minimum Gasteiger partial charge on any atom is -0.448 e. The molecule has 31 heteroatoms. The summed E-state index contributed by atoms with van der Waals surface area (Å²) in [6.07, 6.45) is -13.3. The van der Waals surface area contributed by atoms with E-state index in [0.717, 1.165) is 44.4 Å². The van der Waals surface area contributed by atoms with E-state index in [2.05, 4.69) is 20.5 Å². The maximum absolute atomic E-state index is 15.8. The van der Waals surface area contributed by atoms with Crippen LogP contribution in [0.25, 0.3) is 22.0 Å². The first kappa shape index (κ1) is 58.9. The number of hydrogen-bond acceptors (Lipinski definition) is 11. The Balaban J connectivity index is 1.62. The van der Waals surface area contributed by atoms with Crippen LogP contribution in [0.2, 0.25) is 5.02 Å². The van der Waals surface area contributed by atoms with Gasteiger partial charge in [0.2, 0.25) is 15.9 Å². The fourth-order valence-corrected chi connectivity index (χ4v) is 10.5. The lowest BCUT2D eigenvalue weighted by Gasteiger charge is -2.25. The molecule has 412 valence electrons. The number of aryl methyl sites for hydroxylation is 1. The molecule has 2 aromatic carbocycles. The van der Waals surface area contributed by atoms with Crippen LogP contribution in [0, 0.1) is 17.6 Å². The second kappa shape index (κ2) is 20.9. The number of ether oxygens (including phenoxy) is 1. The summed E-state index contributed by atoms with van der Waals surface area (Å²) in [6.45, 7) is 0.715. The molecule has 2 amide bonds. The average molecular weight is 1150 g/mol. The van der Waals surface area contributed by atoms with E-state index in [1.165, 1.54) is 26.0 Å². The lowest BCUT2D eigenvalue weighted by molar-refractivity contribution is -0.143. The predicted octanol–water partition coefficient (Wildman–Crippen LogP) is 8.98. The van der Waals surface area contributed by atoms with Gasteiger partial charge in [-0.25, -0.2) is 30.4 Å². The number of fused-ring (bicyclic) bond motifs is 2. The predicted molar refractivity (Wildman–Crippen MR) is 251 cm³/mol. The highest BCUT2D eigenvalue weighted by Gasteiger charge is 2.57. The minimum atomic E-state index is -5.27. The first-order chi connectivity index (χ1) is 34.2. The summed E-state index contributed by atoms with van der Waals surface area (Å²) in [6, 6.07) is 4.87. The van der Waals surface area contributed by atoms with Gasteiger partial charge < -0.3 is 19.8 Å². The molecule has 3 N–H and O–H groups in total. The SMILES string of the molecule is C[C@@H]1c2c(C(F)(F)F)nn(CC(=O)N[C@@H](Cc3cc(F)cc(F)c3)c3nc(CCC(C)(C)S(C)(=O)=O)ccc3-c3ccc(Cl)c4c(N(C(=O)OCCCP(=O)(O)O)S(C)(=O)=O)nn(CC(F)(F)F)c34)c2C(F)(F)[C@@H]1C. The average Bonchev–Trinajstić information content (AvgIpc) is 3.86. The number of carbonyl (C=O) groups excluding carboxylic acids is 2. The molecule has 0 unspecified atom stereocenters. The number of aromatic nitrogens is 5. The number of amides is 2. The zero-order valence-electron chi connectivity index (χ0n) is 40.2. The second-order valence-electron chi connectivity index (χ2n) is 18.6. The molecule has 3 aromatic heterocycles. The number of carbonyl (C=O) groups is 2. The number of rotatable bonds is 18. The number of sulfone groups is 1. The van der Waals surface area contributed by atoms with E-state index in [1.807, 2.05) is 0 Å². The largest absolute Gasteiger partial charge is 0.448 e. The van der Waals surface area contributed by atoms with Gasteiger partial charge in [0.1, 0.15) is 30.4 Å². The van der Waals surface area contributed by atoms with Crippen molar-refractivity contribution in [3.8, 4) is 11.1 Å². The van der Waals surface area contributed by atoms with Crippen molar-refractivity contribution in [3.63, 3.8) is 0 Å². The molecule has 0 saturated heterocycles. The summed E-state index contributed by atoms with van der Waals surface area (Å²) < 4.78 is 215. The van der Waals surface area contributed by atoms with Gasteiger partial charge in [-0.2, -0.15) is 49.6 Å². The highest BCUT2D eigenvalue weighted by molar-refractivity contribution is 7.92. The Bertz CT molecular complexity index is 3310. The van der Waals surface area contributed by atoms with Gasteiger partial charge in [0, 0.05) is 40.6 Å². The first-order valence-corrected chi connectivity index (χ1v) is 28.1. The molecule has 5 aromatic rings. The number of alkyl halides is 8. The molecule has 0 saturated carbocycles. The van der Waals surface area contributed by atoms with Gasteiger partial charge in [-0.3, -0.25) is 23.7 Å². The molecule has 0 radical (unpaired) electrons. The maximum Gasteiger partial charge on any atom is 0.435 e. The number of sulfonamides is 1. The van der Waals surface area contributed by atoms with E-state index < -0.39 is 181 Å². The Morgan fingerprint density at radius 2 is 1.56 bits per heavy atom. The molecule has 75 heavy (non-hydrogen) atoms. The number of hydrogen-bond donors (Lipinski definition) is 3. The van der Waals surface area contributed by atoms with Crippen LogP contribution in [0.3, 0.4) is 0 Å². The molecule has 1 aliphatic carbocycles. The number of halogens is 11. The third kappa shape index (κ3) is 13.1. The lowest BCUT2D eigenvalue weighted by atomic mass is 9.93. The smallest absolute Gasteiger partial charge is 0.435 e. The maximum atomic E-state index is 15.8. The van der Waals surface area contributed by atoms with E-state index in [-0.39, 0.29) is 43.3 Å². The van der Waals surface area contributed by atoms with Gasteiger partial charge in [0.05, 0.1) is 51.4 Å². The Kier molecular flexibility index (Phi) is 16.4. The van der Waals surface area contributed by atoms with E-state index >= 15 is 8.78 Å². The Hall–Kier alpha value is -5.35. The van der Waals surface area contributed by atoms with Crippen LogP contribution >= 0.6 is 19.2 Å². The molecule has 6 rings (SSSR count). The summed E-state index contributed by atoms with van der Waals surface area (Å²) in [7, 11) is -13.4. The highest BCUT2D eigenvalue weighted by Crippen LogP contribution is 2.55. The third-order valence-electron chi connectivity index (χ3n) is 12.6. The van der Waals surface area contributed by atoms with Crippen LogP contribution < -0.4 is 9.62 Å². The van der Waals surface area contributed by atoms with E-state index in [9.17, 15) is 75.9 Å². The van der Waals surface area contributed by atoms with Gasteiger partial charge in [0.25, 0.3) is 5.92 Å². The van der Waals surface area contributed by atoms with Crippen molar-refractivity contribution in [2.75, 3.05) is 29.6 Å². The van der Waals surface area contributed by atoms with E-state index in [1.54, 1.807) is 0 Å². The molecule has 0 bridgehead atoms. The Labute approximate surface area is 426 Å².